The molecule has 0 saturated carbocycles. The van der Waals surface area contributed by atoms with E-state index < -0.39 is 11.6 Å². The second kappa shape index (κ2) is 8.40. The van der Waals surface area contributed by atoms with E-state index in [4.69, 9.17) is 9.47 Å². The molecular weight excluding hydrogens is 360 g/mol. The molecule has 4 nitrogen and oxygen atoms in total. The van der Waals surface area contributed by atoms with E-state index in [0.717, 1.165) is 17.7 Å². The summed E-state index contributed by atoms with van der Waals surface area (Å²) in [5, 5.41) is 0. The Labute approximate surface area is 155 Å². The van der Waals surface area contributed by atoms with Crippen molar-refractivity contribution in [3.05, 3.63) is 53.6 Å². The smallest absolute Gasteiger partial charge is 0.233 e. The van der Waals surface area contributed by atoms with Gasteiger partial charge in [-0.15, -0.1) is 11.8 Å². The Morgan fingerprint density at radius 2 is 1.96 bits per heavy atom. The number of fused-ring (bicyclic) bond motifs is 1. The quantitative estimate of drug-likeness (QED) is 0.714. The summed E-state index contributed by atoms with van der Waals surface area (Å²) >= 11 is 1.18. The molecule has 0 aromatic heterocycles. The van der Waals surface area contributed by atoms with Crippen molar-refractivity contribution < 1.29 is 23.0 Å². The average Bonchev–Trinajstić information content (AvgIpc) is 2.66. The van der Waals surface area contributed by atoms with E-state index in [9.17, 15) is 13.6 Å². The van der Waals surface area contributed by atoms with Crippen molar-refractivity contribution in [1.29, 1.82) is 0 Å². The normalized spacial score (nSPS) is 12.7. The van der Waals surface area contributed by atoms with Gasteiger partial charge in [0.05, 0.1) is 5.75 Å². The molecule has 7 heteroatoms. The van der Waals surface area contributed by atoms with E-state index in [1.807, 2.05) is 25.1 Å². The van der Waals surface area contributed by atoms with Crippen LogP contribution < -0.4 is 9.47 Å². The molecule has 26 heavy (non-hydrogen) atoms. The van der Waals surface area contributed by atoms with Gasteiger partial charge in [-0.25, -0.2) is 8.78 Å². The van der Waals surface area contributed by atoms with Gasteiger partial charge < -0.3 is 14.4 Å². The summed E-state index contributed by atoms with van der Waals surface area (Å²) in [4.78, 5) is 14.7. The summed E-state index contributed by atoms with van der Waals surface area (Å²) in [6.45, 7) is 3.82. The van der Waals surface area contributed by atoms with Gasteiger partial charge in [-0.1, -0.05) is 12.1 Å². The van der Waals surface area contributed by atoms with E-state index in [-0.39, 0.29) is 11.7 Å². The Kier molecular flexibility index (Phi) is 5.98. The fraction of sp³-hybridized carbons (Fsp3) is 0.316. The Bertz CT molecular complexity index is 800. The lowest BCUT2D eigenvalue weighted by molar-refractivity contribution is -0.128. The van der Waals surface area contributed by atoms with Crippen molar-refractivity contribution in [2.75, 3.05) is 25.5 Å². The second-order valence-electron chi connectivity index (χ2n) is 5.71. The summed E-state index contributed by atoms with van der Waals surface area (Å²) in [6.07, 6.45) is 0. The van der Waals surface area contributed by atoms with Crippen LogP contribution >= 0.6 is 11.8 Å². The summed E-state index contributed by atoms with van der Waals surface area (Å²) < 4.78 is 37.5. The fourth-order valence-corrected chi connectivity index (χ4v) is 3.47. The number of hydrogen-bond donors (Lipinski definition) is 0. The first kappa shape index (κ1) is 18.5. The summed E-state index contributed by atoms with van der Waals surface area (Å²) in [5.41, 5.74) is 0.884. The van der Waals surface area contributed by atoms with Crippen LogP contribution in [0.4, 0.5) is 8.78 Å². The number of benzene rings is 2. The maximum absolute atomic E-state index is 13.3. The highest BCUT2D eigenvalue weighted by Gasteiger charge is 2.19. The standard InChI is InChI=1S/C19H19F2NO3S/c1-2-22(11-13-4-3-5-17-19(13)25-9-8-24-17)18(23)12-26-14-6-7-15(20)16(21)10-14/h3-7,10H,2,8-9,11-12H2,1H3. The summed E-state index contributed by atoms with van der Waals surface area (Å²) in [6, 6.07) is 9.25. The molecule has 0 fully saturated rings. The molecule has 0 unspecified atom stereocenters. The van der Waals surface area contributed by atoms with Crippen LogP contribution in [0.5, 0.6) is 11.5 Å². The highest BCUT2D eigenvalue weighted by Crippen LogP contribution is 2.34. The topological polar surface area (TPSA) is 38.8 Å². The second-order valence-corrected chi connectivity index (χ2v) is 6.76. The largest absolute Gasteiger partial charge is 0.486 e. The minimum Gasteiger partial charge on any atom is -0.486 e. The molecule has 2 aromatic rings. The number of nitrogens with zero attached hydrogens (tertiary/aromatic N) is 1. The SMILES string of the molecule is CCN(Cc1cccc2c1OCCO2)C(=O)CSc1ccc(F)c(F)c1. The van der Waals surface area contributed by atoms with Crippen LogP contribution in [0, 0.1) is 11.6 Å². The lowest BCUT2D eigenvalue weighted by Crippen LogP contribution is -2.32. The molecule has 0 bridgehead atoms. The Hall–Kier alpha value is -2.28. The number of halogens is 2. The molecule has 1 heterocycles. The minimum atomic E-state index is -0.914. The van der Waals surface area contributed by atoms with Gasteiger partial charge in [0.15, 0.2) is 23.1 Å². The number of amides is 1. The number of rotatable bonds is 6. The van der Waals surface area contributed by atoms with Crippen LogP contribution in [-0.4, -0.2) is 36.3 Å². The van der Waals surface area contributed by atoms with Gasteiger partial charge in [0, 0.05) is 23.5 Å². The molecule has 0 aliphatic carbocycles. The first-order chi connectivity index (χ1) is 12.6. The average molecular weight is 379 g/mol. The zero-order chi connectivity index (χ0) is 18.5. The lowest BCUT2D eigenvalue weighted by atomic mass is 10.1. The Morgan fingerprint density at radius 1 is 1.15 bits per heavy atom. The van der Waals surface area contributed by atoms with Crippen LogP contribution in [-0.2, 0) is 11.3 Å². The predicted octanol–water partition coefficient (Wildman–Crippen LogP) is 3.88. The fourth-order valence-electron chi connectivity index (χ4n) is 2.64. The predicted molar refractivity (Wildman–Crippen MR) is 95.6 cm³/mol. The van der Waals surface area contributed by atoms with Gasteiger partial charge in [0.1, 0.15) is 13.2 Å². The highest BCUT2D eigenvalue weighted by molar-refractivity contribution is 8.00. The van der Waals surface area contributed by atoms with Crippen molar-refractivity contribution in [1.82, 2.24) is 4.90 Å². The number of ether oxygens (including phenoxy) is 2. The Balaban J connectivity index is 1.65. The number of thioether (sulfide) groups is 1. The van der Waals surface area contributed by atoms with Gasteiger partial charge in [-0.2, -0.15) is 0 Å². The van der Waals surface area contributed by atoms with Gasteiger partial charge in [-0.3, -0.25) is 4.79 Å². The molecule has 0 saturated heterocycles. The molecular formula is C19H19F2NO3S. The van der Waals surface area contributed by atoms with Crippen molar-refractivity contribution in [2.24, 2.45) is 0 Å². The minimum absolute atomic E-state index is 0.0865. The Morgan fingerprint density at radius 3 is 2.73 bits per heavy atom. The number of carbonyl (C=O) groups is 1. The summed E-state index contributed by atoms with van der Waals surface area (Å²) in [5.74, 6) is -0.385. The maximum Gasteiger partial charge on any atom is 0.233 e. The third-order valence-corrected chi connectivity index (χ3v) is 4.98. The molecule has 0 atom stereocenters. The number of para-hydroxylation sites is 1. The van der Waals surface area contributed by atoms with Gasteiger partial charge >= 0.3 is 0 Å². The van der Waals surface area contributed by atoms with Crippen molar-refractivity contribution in [3.63, 3.8) is 0 Å². The summed E-state index contributed by atoms with van der Waals surface area (Å²) in [7, 11) is 0. The van der Waals surface area contributed by atoms with Crippen LogP contribution in [0.15, 0.2) is 41.3 Å². The van der Waals surface area contributed by atoms with Gasteiger partial charge in [0.2, 0.25) is 5.91 Å². The molecule has 1 amide bonds. The third-order valence-electron chi connectivity index (χ3n) is 4.00. The molecule has 0 N–H and O–H groups in total. The van der Waals surface area contributed by atoms with E-state index in [0.29, 0.717) is 42.7 Å². The van der Waals surface area contributed by atoms with Crippen LogP contribution in [0.2, 0.25) is 0 Å². The van der Waals surface area contributed by atoms with E-state index in [2.05, 4.69) is 0 Å². The number of carbonyl (C=O) groups excluding carboxylic acids is 1. The molecule has 2 aromatic carbocycles. The lowest BCUT2D eigenvalue weighted by Gasteiger charge is -2.25. The molecule has 0 spiro atoms. The van der Waals surface area contributed by atoms with Crippen LogP contribution in [0.1, 0.15) is 12.5 Å². The third kappa shape index (κ3) is 4.27. The zero-order valence-corrected chi connectivity index (χ0v) is 15.2. The van der Waals surface area contributed by atoms with Crippen molar-refractivity contribution >= 4 is 17.7 Å². The zero-order valence-electron chi connectivity index (χ0n) is 14.3. The van der Waals surface area contributed by atoms with Crippen LogP contribution in [0.3, 0.4) is 0 Å². The number of hydrogen-bond acceptors (Lipinski definition) is 4. The first-order valence-electron chi connectivity index (χ1n) is 8.31. The molecule has 1 aliphatic rings. The van der Waals surface area contributed by atoms with Crippen LogP contribution in [0.25, 0.3) is 0 Å². The monoisotopic (exact) mass is 379 g/mol. The van der Waals surface area contributed by atoms with E-state index in [1.165, 1.54) is 17.8 Å². The van der Waals surface area contributed by atoms with Gasteiger partial charge in [0.25, 0.3) is 0 Å². The molecule has 1 aliphatic heterocycles. The van der Waals surface area contributed by atoms with Crippen molar-refractivity contribution in [3.8, 4) is 11.5 Å². The van der Waals surface area contributed by atoms with E-state index >= 15 is 0 Å². The molecule has 3 rings (SSSR count). The molecule has 138 valence electrons. The first-order valence-corrected chi connectivity index (χ1v) is 9.30. The van der Waals surface area contributed by atoms with Gasteiger partial charge in [-0.05, 0) is 31.2 Å². The maximum atomic E-state index is 13.3. The van der Waals surface area contributed by atoms with E-state index in [1.54, 1.807) is 4.90 Å². The van der Waals surface area contributed by atoms with Crippen molar-refractivity contribution in [2.45, 2.75) is 18.4 Å². The highest BCUT2D eigenvalue weighted by atomic mass is 32.2. The molecule has 0 radical (unpaired) electrons.